The predicted octanol–water partition coefficient (Wildman–Crippen LogP) is -4.13. The van der Waals surface area contributed by atoms with E-state index in [4.69, 9.17) is 16.6 Å². The maximum absolute atomic E-state index is 11.3. The minimum Gasteiger partial charge on any atom is -0.395 e. The number of hydrogen-bond donors (Lipinski definition) is 5. The van der Waals surface area contributed by atoms with Crippen LogP contribution in [0.5, 0.6) is 0 Å². The molecule has 0 aliphatic carbocycles. The van der Waals surface area contributed by atoms with Gasteiger partial charge in [0.25, 0.3) is 0 Å². The molecule has 17 heavy (non-hydrogen) atoms. The quantitative estimate of drug-likeness (QED) is 0.206. The van der Waals surface area contributed by atoms with Crippen molar-refractivity contribution >= 4 is 17.7 Å². The van der Waals surface area contributed by atoms with Gasteiger partial charge in [0, 0.05) is 6.54 Å². The highest BCUT2D eigenvalue weighted by atomic mass is 16.3. The first-order valence-corrected chi connectivity index (χ1v) is 4.87. The summed E-state index contributed by atoms with van der Waals surface area (Å²) >= 11 is 0. The lowest BCUT2D eigenvalue weighted by molar-refractivity contribution is -0.126. The first kappa shape index (κ1) is 15.3. The van der Waals surface area contributed by atoms with Gasteiger partial charge in [-0.2, -0.15) is 0 Å². The number of amides is 3. The molecule has 7 N–H and O–H groups in total. The van der Waals surface area contributed by atoms with Crippen LogP contribution in [-0.2, 0) is 14.4 Å². The second-order valence-electron chi connectivity index (χ2n) is 3.28. The third kappa shape index (κ3) is 9.23. The van der Waals surface area contributed by atoms with Gasteiger partial charge in [0.15, 0.2) is 0 Å². The van der Waals surface area contributed by atoms with Gasteiger partial charge >= 0.3 is 0 Å². The van der Waals surface area contributed by atoms with Crippen LogP contribution in [0.1, 0.15) is 0 Å². The van der Waals surface area contributed by atoms with Crippen molar-refractivity contribution in [1.29, 1.82) is 0 Å². The third-order valence-corrected chi connectivity index (χ3v) is 1.59. The van der Waals surface area contributed by atoms with E-state index < -0.39 is 17.7 Å². The van der Waals surface area contributed by atoms with E-state index in [1.807, 2.05) is 0 Å². The molecule has 0 bridgehead atoms. The lowest BCUT2D eigenvalue weighted by Crippen LogP contribution is -2.48. The summed E-state index contributed by atoms with van der Waals surface area (Å²) in [6.07, 6.45) is 0. The SMILES string of the molecule is NC(=O)CN(CC(N)=O)CC(=O)NNCCO. The molecule has 0 radical (unpaired) electrons. The highest BCUT2D eigenvalue weighted by Gasteiger charge is 2.14. The average Bonchev–Trinajstić information content (AvgIpc) is 2.15. The average molecular weight is 247 g/mol. The Balaban J connectivity index is 4.07. The van der Waals surface area contributed by atoms with Gasteiger partial charge in [-0.15, -0.1) is 0 Å². The first-order chi connectivity index (χ1) is 7.95. The summed E-state index contributed by atoms with van der Waals surface area (Å²) in [5, 5.41) is 8.45. The van der Waals surface area contributed by atoms with Gasteiger partial charge in [0.05, 0.1) is 26.2 Å². The highest BCUT2D eigenvalue weighted by molar-refractivity contribution is 5.82. The van der Waals surface area contributed by atoms with Gasteiger partial charge in [0.2, 0.25) is 17.7 Å². The predicted molar refractivity (Wildman–Crippen MR) is 58.1 cm³/mol. The number of hydrazine groups is 1. The molecule has 9 heteroatoms. The Kier molecular flexibility index (Phi) is 7.59. The number of rotatable bonds is 9. The minimum absolute atomic E-state index is 0.132. The number of nitrogens with two attached hydrogens (primary N) is 2. The Morgan fingerprint density at radius 3 is 2.00 bits per heavy atom. The minimum atomic E-state index is -0.664. The van der Waals surface area contributed by atoms with Crippen LogP contribution in [0.3, 0.4) is 0 Å². The molecule has 98 valence electrons. The van der Waals surface area contributed by atoms with E-state index >= 15 is 0 Å². The number of hydrogen-bond acceptors (Lipinski definition) is 6. The van der Waals surface area contributed by atoms with E-state index in [1.54, 1.807) is 0 Å². The number of aliphatic hydroxyl groups excluding tert-OH is 1. The second kappa shape index (κ2) is 8.44. The topological polar surface area (TPSA) is 151 Å². The summed E-state index contributed by atoms with van der Waals surface area (Å²) < 4.78 is 0. The monoisotopic (exact) mass is 247 g/mol. The molecule has 9 nitrogen and oxygen atoms in total. The molecule has 0 aliphatic rings. The van der Waals surface area contributed by atoms with Crippen molar-refractivity contribution < 1.29 is 19.5 Å². The Hall–Kier alpha value is -1.71. The molecular formula is C8H17N5O4. The van der Waals surface area contributed by atoms with E-state index in [0.29, 0.717) is 0 Å². The fourth-order valence-corrected chi connectivity index (χ4v) is 1.07. The Morgan fingerprint density at radius 2 is 1.59 bits per heavy atom. The maximum atomic E-state index is 11.3. The molecular weight excluding hydrogens is 230 g/mol. The lowest BCUT2D eigenvalue weighted by Gasteiger charge is -2.18. The number of nitrogens with one attached hydrogen (secondary N) is 2. The van der Waals surface area contributed by atoms with Crippen LogP contribution in [0.25, 0.3) is 0 Å². The van der Waals surface area contributed by atoms with E-state index in [2.05, 4.69) is 10.9 Å². The van der Waals surface area contributed by atoms with E-state index in [9.17, 15) is 14.4 Å². The maximum Gasteiger partial charge on any atom is 0.248 e. The zero-order chi connectivity index (χ0) is 13.3. The van der Waals surface area contributed by atoms with Crippen molar-refractivity contribution in [2.75, 3.05) is 32.8 Å². The first-order valence-electron chi connectivity index (χ1n) is 4.87. The fraction of sp³-hybridized carbons (Fsp3) is 0.625. The molecule has 3 amide bonds. The molecule has 0 fully saturated rings. The molecule has 0 unspecified atom stereocenters. The number of carbonyl (C=O) groups is 3. The number of carbonyl (C=O) groups excluding carboxylic acids is 3. The van der Waals surface area contributed by atoms with Gasteiger partial charge < -0.3 is 16.6 Å². The van der Waals surface area contributed by atoms with Gasteiger partial charge in [-0.3, -0.25) is 24.7 Å². The molecule has 0 aromatic carbocycles. The number of nitrogens with zero attached hydrogens (tertiary/aromatic N) is 1. The zero-order valence-corrected chi connectivity index (χ0v) is 9.31. The van der Waals surface area contributed by atoms with Crippen LogP contribution in [0.15, 0.2) is 0 Å². The highest BCUT2D eigenvalue weighted by Crippen LogP contribution is 1.86. The molecule has 0 saturated carbocycles. The fourth-order valence-electron chi connectivity index (χ4n) is 1.07. The normalized spacial score (nSPS) is 10.2. The summed E-state index contributed by atoms with van der Waals surface area (Å²) in [6, 6.07) is 0. The zero-order valence-electron chi connectivity index (χ0n) is 9.31. The summed E-state index contributed by atoms with van der Waals surface area (Å²) in [7, 11) is 0. The van der Waals surface area contributed by atoms with Crippen LogP contribution >= 0.6 is 0 Å². The Bertz CT molecular complexity index is 267. The molecule has 0 aromatic heterocycles. The largest absolute Gasteiger partial charge is 0.395 e. The Labute approximate surface area is 98.1 Å². The van der Waals surface area contributed by atoms with Crippen molar-refractivity contribution in [3.8, 4) is 0 Å². The Morgan fingerprint density at radius 1 is 1.06 bits per heavy atom. The van der Waals surface area contributed by atoms with Crippen LogP contribution in [0, 0.1) is 0 Å². The van der Waals surface area contributed by atoms with Crippen molar-refractivity contribution in [1.82, 2.24) is 15.8 Å². The number of primary amides is 2. The third-order valence-electron chi connectivity index (χ3n) is 1.59. The summed E-state index contributed by atoms with van der Waals surface area (Å²) in [6.45, 7) is -0.624. The summed E-state index contributed by atoms with van der Waals surface area (Å²) in [4.78, 5) is 33.9. The van der Waals surface area contributed by atoms with Crippen LogP contribution < -0.4 is 22.3 Å². The summed E-state index contributed by atoms with van der Waals surface area (Å²) in [5.74, 6) is -1.80. The summed E-state index contributed by atoms with van der Waals surface area (Å²) in [5.41, 5.74) is 14.6. The van der Waals surface area contributed by atoms with Gasteiger partial charge in [0.1, 0.15) is 0 Å². The second-order valence-corrected chi connectivity index (χ2v) is 3.28. The standard InChI is InChI=1S/C8H17N5O4/c9-6(15)3-13(4-7(10)16)5-8(17)12-11-1-2-14/h11,14H,1-5H2,(H2,9,15)(H2,10,16)(H,12,17). The number of aliphatic hydroxyl groups is 1. The lowest BCUT2D eigenvalue weighted by atomic mass is 10.4. The van der Waals surface area contributed by atoms with Crippen LogP contribution in [0.4, 0.5) is 0 Å². The van der Waals surface area contributed by atoms with Gasteiger partial charge in [-0.25, -0.2) is 5.43 Å². The van der Waals surface area contributed by atoms with Crippen molar-refractivity contribution in [3.05, 3.63) is 0 Å². The molecule has 0 heterocycles. The molecule has 0 rings (SSSR count). The molecule has 0 aromatic rings. The van der Waals surface area contributed by atoms with Crippen molar-refractivity contribution in [2.24, 2.45) is 11.5 Å². The van der Waals surface area contributed by atoms with Gasteiger partial charge in [-0.05, 0) is 0 Å². The van der Waals surface area contributed by atoms with E-state index in [-0.39, 0.29) is 32.8 Å². The molecule has 0 atom stereocenters. The molecule has 0 aliphatic heterocycles. The van der Waals surface area contributed by atoms with Crippen molar-refractivity contribution in [3.63, 3.8) is 0 Å². The molecule has 0 saturated heterocycles. The smallest absolute Gasteiger partial charge is 0.248 e. The molecule has 0 spiro atoms. The van der Waals surface area contributed by atoms with Crippen LogP contribution in [0.2, 0.25) is 0 Å². The van der Waals surface area contributed by atoms with E-state index in [1.165, 1.54) is 4.90 Å². The van der Waals surface area contributed by atoms with Crippen LogP contribution in [-0.4, -0.2) is 60.5 Å². The van der Waals surface area contributed by atoms with E-state index in [0.717, 1.165) is 0 Å². The van der Waals surface area contributed by atoms with Gasteiger partial charge in [-0.1, -0.05) is 0 Å². The van der Waals surface area contributed by atoms with Crippen molar-refractivity contribution in [2.45, 2.75) is 0 Å².